The second-order valence-electron chi connectivity index (χ2n) is 7.94. The lowest BCUT2D eigenvalue weighted by atomic mass is 9.93. The van der Waals surface area contributed by atoms with Crippen LogP contribution in [0.15, 0.2) is 36.4 Å². The Morgan fingerprint density at radius 2 is 1.74 bits per heavy atom. The van der Waals surface area contributed by atoms with Crippen LogP contribution in [-0.4, -0.2) is 30.5 Å². The van der Waals surface area contributed by atoms with Crippen molar-refractivity contribution in [3.05, 3.63) is 47.0 Å². The van der Waals surface area contributed by atoms with Crippen molar-refractivity contribution < 1.29 is 19.1 Å². The lowest BCUT2D eigenvalue weighted by molar-refractivity contribution is -0.145. The molecule has 2 rings (SSSR count). The van der Waals surface area contributed by atoms with Crippen LogP contribution in [0.25, 0.3) is 0 Å². The van der Waals surface area contributed by atoms with Gasteiger partial charge in [0.15, 0.2) is 5.11 Å². The Kier molecular flexibility index (Phi) is 10.8. The van der Waals surface area contributed by atoms with Gasteiger partial charge in [0.25, 0.3) is 0 Å². The number of carbonyl (C=O) groups excluding carboxylic acids is 3. The number of rotatable bonds is 11. The van der Waals surface area contributed by atoms with Crippen molar-refractivity contribution in [3.8, 4) is 0 Å². The molecule has 2 aromatic rings. The van der Waals surface area contributed by atoms with E-state index < -0.39 is 0 Å². The number of nitrogens with one attached hydrogen (secondary N) is 5. The van der Waals surface area contributed by atoms with Crippen molar-refractivity contribution in [2.24, 2.45) is 11.8 Å². The van der Waals surface area contributed by atoms with Crippen molar-refractivity contribution in [2.75, 3.05) is 28.5 Å². The van der Waals surface area contributed by atoms with Crippen molar-refractivity contribution in [1.82, 2.24) is 5.43 Å². The molecule has 0 fully saturated rings. The number of benzene rings is 2. The Balaban J connectivity index is 1.98. The van der Waals surface area contributed by atoms with Gasteiger partial charge in [0.1, 0.15) is 0 Å². The second kappa shape index (κ2) is 13.5. The largest absolute Gasteiger partial charge is 0.469 e. The van der Waals surface area contributed by atoms with Crippen LogP contribution in [0, 0.1) is 18.8 Å². The van der Waals surface area contributed by atoms with Crippen LogP contribution >= 0.6 is 23.8 Å². The van der Waals surface area contributed by atoms with Gasteiger partial charge in [-0.25, -0.2) is 0 Å². The average molecular weight is 520 g/mol. The molecular formula is C24H30ClN5O4S. The van der Waals surface area contributed by atoms with Gasteiger partial charge < -0.3 is 20.7 Å². The number of thiocarbonyl (C=S) groups is 1. The minimum absolute atomic E-state index is 0.140. The number of ether oxygens (including phenoxy) is 1. The van der Waals surface area contributed by atoms with Gasteiger partial charge in [-0.05, 0) is 73.9 Å². The van der Waals surface area contributed by atoms with Crippen LogP contribution < -0.4 is 26.8 Å². The average Bonchev–Trinajstić information content (AvgIpc) is 2.82. The summed E-state index contributed by atoms with van der Waals surface area (Å²) in [6.45, 7) is 5.57. The van der Waals surface area contributed by atoms with E-state index in [1.165, 1.54) is 7.11 Å². The first-order chi connectivity index (χ1) is 16.7. The summed E-state index contributed by atoms with van der Waals surface area (Å²) in [4.78, 5) is 34.8. The molecule has 0 aliphatic carbocycles. The fraction of sp³-hybridized carbons (Fsp3) is 0.333. The molecular weight excluding hydrogens is 490 g/mol. The standard InChI is InChI=1S/C24H30ClN5O4S/c1-5-16(10-15(3)23(33)34-4)22(32)27-17-6-8-20(14(2)11-17)29-24(35)28-18-7-9-21(19(25)12-18)30-26-13-31/h6-9,11-13,15-16,30H,5,10H2,1-4H3,(H,26,31)(H,27,32)(H2,28,29,35). The Morgan fingerprint density at radius 3 is 2.31 bits per heavy atom. The number of halogens is 1. The number of hydrogen-bond donors (Lipinski definition) is 5. The number of carbonyl (C=O) groups is 3. The lowest BCUT2D eigenvalue weighted by Gasteiger charge is -2.19. The highest BCUT2D eigenvalue weighted by Gasteiger charge is 2.24. The zero-order valence-corrected chi connectivity index (χ0v) is 21.6. The minimum atomic E-state index is -0.354. The van der Waals surface area contributed by atoms with Gasteiger partial charge in [0.2, 0.25) is 12.3 Å². The van der Waals surface area contributed by atoms with Crippen LogP contribution in [0.5, 0.6) is 0 Å². The Hall–Kier alpha value is -3.37. The lowest BCUT2D eigenvalue weighted by Crippen LogP contribution is -2.26. The molecule has 0 aliphatic heterocycles. The van der Waals surface area contributed by atoms with Crippen LogP contribution in [0.4, 0.5) is 22.7 Å². The van der Waals surface area contributed by atoms with E-state index >= 15 is 0 Å². The van der Waals surface area contributed by atoms with Crippen molar-refractivity contribution in [1.29, 1.82) is 0 Å². The first-order valence-corrected chi connectivity index (χ1v) is 11.8. The third-order valence-corrected chi connectivity index (χ3v) is 5.86. The zero-order valence-electron chi connectivity index (χ0n) is 20.0. The SMILES string of the molecule is CCC(CC(C)C(=O)OC)C(=O)Nc1ccc(NC(=S)Nc2ccc(NNC=O)c(Cl)c2)c(C)c1. The monoisotopic (exact) mass is 519 g/mol. The predicted octanol–water partition coefficient (Wildman–Crippen LogP) is 4.69. The van der Waals surface area contributed by atoms with Crippen LogP contribution in [0.1, 0.15) is 32.3 Å². The molecule has 0 saturated heterocycles. The number of hydrazine groups is 1. The van der Waals surface area contributed by atoms with Gasteiger partial charge in [-0.2, -0.15) is 0 Å². The van der Waals surface area contributed by atoms with E-state index in [9.17, 15) is 14.4 Å². The molecule has 0 heterocycles. The second-order valence-corrected chi connectivity index (χ2v) is 8.76. The topological polar surface area (TPSA) is 121 Å². The van der Waals surface area contributed by atoms with Crippen LogP contribution in [0.3, 0.4) is 0 Å². The fourth-order valence-electron chi connectivity index (χ4n) is 3.40. The molecule has 188 valence electrons. The van der Waals surface area contributed by atoms with Gasteiger partial charge in [0, 0.05) is 23.0 Å². The third kappa shape index (κ3) is 8.41. The molecule has 5 N–H and O–H groups in total. The van der Waals surface area contributed by atoms with Crippen molar-refractivity contribution >= 4 is 70.0 Å². The van der Waals surface area contributed by atoms with Gasteiger partial charge in [0.05, 0.1) is 23.7 Å². The summed E-state index contributed by atoms with van der Waals surface area (Å²) in [6.07, 6.45) is 1.54. The maximum Gasteiger partial charge on any atom is 0.308 e. The van der Waals surface area contributed by atoms with E-state index in [2.05, 4.69) is 26.8 Å². The molecule has 9 nitrogen and oxygen atoms in total. The summed E-state index contributed by atoms with van der Waals surface area (Å²) < 4.78 is 4.76. The van der Waals surface area contributed by atoms with Gasteiger partial charge in [-0.1, -0.05) is 25.4 Å². The number of hydrogen-bond acceptors (Lipinski definition) is 6. The highest BCUT2D eigenvalue weighted by molar-refractivity contribution is 7.80. The summed E-state index contributed by atoms with van der Waals surface area (Å²) >= 11 is 11.6. The number of aryl methyl sites for hydroxylation is 1. The minimum Gasteiger partial charge on any atom is -0.469 e. The normalized spacial score (nSPS) is 12.0. The Labute approximate surface area is 215 Å². The molecule has 0 saturated carbocycles. The molecule has 0 aromatic heterocycles. The van der Waals surface area contributed by atoms with Crippen LogP contribution in [-0.2, 0) is 19.1 Å². The third-order valence-electron chi connectivity index (χ3n) is 5.34. The number of methoxy groups -OCH3 is 1. The number of anilines is 4. The molecule has 2 aromatic carbocycles. The predicted molar refractivity (Wildman–Crippen MR) is 144 cm³/mol. The molecule has 0 spiro atoms. The summed E-state index contributed by atoms with van der Waals surface area (Å²) in [5, 5.41) is 9.86. The smallest absolute Gasteiger partial charge is 0.308 e. The summed E-state index contributed by atoms with van der Waals surface area (Å²) in [7, 11) is 1.34. The first kappa shape index (κ1) is 27.9. The molecule has 11 heteroatoms. The molecule has 0 bridgehead atoms. The van der Waals surface area contributed by atoms with E-state index in [1.54, 1.807) is 31.2 Å². The van der Waals surface area contributed by atoms with Gasteiger partial charge >= 0.3 is 5.97 Å². The summed E-state index contributed by atoms with van der Waals surface area (Å²) in [6, 6.07) is 10.6. The van der Waals surface area contributed by atoms with E-state index in [1.807, 2.05) is 26.0 Å². The highest BCUT2D eigenvalue weighted by atomic mass is 35.5. The molecule has 0 aliphatic rings. The number of amides is 2. The quantitative estimate of drug-likeness (QED) is 0.125. The Bertz CT molecular complexity index is 1080. The number of esters is 1. The molecule has 2 amide bonds. The van der Waals surface area contributed by atoms with Crippen LogP contribution in [0.2, 0.25) is 5.02 Å². The van der Waals surface area contributed by atoms with E-state index in [4.69, 9.17) is 28.6 Å². The molecule has 2 atom stereocenters. The summed E-state index contributed by atoms with van der Waals surface area (Å²) in [5.41, 5.74) is 8.49. The highest BCUT2D eigenvalue weighted by Crippen LogP contribution is 2.26. The van der Waals surface area contributed by atoms with E-state index in [0.29, 0.717) is 46.4 Å². The van der Waals surface area contributed by atoms with E-state index in [-0.39, 0.29) is 23.7 Å². The molecule has 35 heavy (non-hydrogen) atoms. The van der Waals surface area contributed by atoms with E-state index in [0.717, 1.165) is 11.3 Å². The maximum atomic E-state index is 12.7. The van der Waals surface area contributed by atoms with Gasteiger partial charge in [-0.15, -0.1) is 0 Å². The Morgan fingerprint density at radius 1 is 1.09 bits per heavy atom. The summed E-state index contributed by atoms with van der Waals surface area (Å²) in [5.74, 6) is -1.12. The van der Waals surface area contributed by atoms with Crippen molar-refractivity contribution in [2.45, 2.75) is 33.6 Å². The fourth-order valence-corrected chi connectivity index (χ4v) is 3.85. The molecule has 2 unspecified atom stereocenters. The van der Waals surface area contributed by atoms with Gasteiger partial charge in [-0.3, -0.25) is 25.2 Å². The molecule has 0 radical (unpaired) electrons. The van der Waals surface area contributed by atoms with Crippen molar-refractivity contribution in [3.63, 3.8) is 0 Å². The first-order valence-electron chi connectivity index (χ1n) is 11.0. The zero-order chi connectivity index (χ0) is 26.0. The maximum absolute atomic E-state index is 12.7.